The quantitative estimate of drug-likeness (QED) is 0.115. The molecule has 11 heteroatoms. The van der Waals surface area contributed by atoms with Gasteiger partial charge in [-0.25, -0.2) is 4.79 Å². The standard InChI is InChI=1S/C24H12Cl5NO5/c25-13-6-5-10(7-14(13)26)20(31)19(22-11-3-1-2-4-12(11)24(34)35-22)21(32)23(33)30-18-9-16(28)15(27)8-17(18)29/h1-9,19,22H,(H,30,33)/t19-,22-/m1/s1. The molecule has 0 aromatic heterocycles. The van der Waals surface area contributed by atoms with Gasteiger partial charge in [-0.3, -0.25) is 14.4 Å². The number of carbonyl (C=O) groups is 4. The normalized spacial score (nSPS) is 15.2. The molecule has 1 aliphatic rings. The van der Waals surface area contributed by atoms with Crippen LogP contribution in [0.5, 0.6) is 0 Å². The highest BCUT2D eigenvalue weighted by Gasteiger charge is 2.46. The van der Waals surface area contributed by atoms with Crippen LogP contribution in [-0.4, -0.2) is 23.4 Å². The predicted molar refractivity (Wildman–Crippen MR) is 134 cm³/mol. The number of amides is 1. The van der Waals surface area contributed by atoms with Crippen LogP contribution in [0.3, 0.4) is 0 Å². The number of fused-ring (bicyclic) bond motifs is 1. The zero-order valence-electron chi connectivity index (χ0n) is 17.3. The summed E-state index contributed by atoms with van der Waals surface area (Å²) in [4.78, 5) is 52.3. The number of benzene rings is 3. The van der Waals surface area contributed by atoms with E-state index in [4.69, 9.17) is 62.7 Å². The summed E-state index contributed by atoms with van der Waals surface area (Å²) >= 11 is 30.0. The van der Waals surface area contributed by atoms with Gasteiger partial charge in [0.05, 0.1) is 36.4 Å². The fourth-order valence-electron chi connectivity index (χ4n) is 3.59. The number of esters is 1. The lowest BCUT2D eigenvalue weighted by molar-refractivity contribution is -0.138. The average molecular weight is 572 g/mol. The Morgan fingerprint density at radius 2 is 1.46 bits per heavy atom. The van der Waals surface area contributed by atoms with Crippen molar-refractivity contribution >= 4 is 87.1 Å². The Labute approximate surface area is 224 Å². The monoisotopic (exact) mass is 569 g/mol. The molecule has 0 bridgehead atoms. The van der Waals surface area contributed by atoms with Gasteiger partial charge in [-0.1, -0.05) is 76.2 Å². The summed E-state index contributed by atoms with van der Waals surface area (Å²) in [7, 11) is 0. The van der Waals surface area contributed by atoms with E-state index >= 15 is 0 Å². The van der Waals surface area contributed by atoms with Crippen molar-refractivity contribution in [3.63, 3.8) is 0 Å². The molecule has 0 aliphatic carbocycles. The fraction of sp³-hybridized carbons (Fsp3) is 0.0833. The van der Waals surface area contributed by atoms with Crippen molar-refractivity contribution in [1.82, 2.24) is 0 Å². The first kappa shape index (κ1) is 25.5. The molecule has 0 unspecified atom stereocenters. The zero-order chi connectivity index (χ0) is 25.4. The Morgan fingerprint density at radius 3 is 2.17 bits per heavy atom. The Bertz CT molecular complexity index is 1410. The summed E-state index contributed by atoms with van der Waals surface area (Å²) in [6, 6.07) is 12.8. The molecule has 1 heterocycles. The van der Waals surface area contributed by atoms with Gasteiger partial charge in [-0.15, -0.1) is 0 Å². The number of anilines is 1. The number of hydrogen-bond acceptors (Lipinski definition) is 5. The van der Waals surface area contributed by atoms with Crippen LogP contribution in [0, 0.1) is 5.92 Å². The van der Waals surface area contributed by atoms with Gasteiger partial charge in [0.1, 0.15) is 12.0 Å². The maximum absolute atomic E-state index is 13.5. The third-order valence-corrected chi connectivity index (χ3v) is 7.05. The second-order valence-electron chi connectivity index (χ2n) is 7.45. The van der Waals surface area contributed by atoms with Gasteiger partial charge >= 0.3 is 5.97 Å². The first-order valence-corrected chi connectivity index (χ1v) is 11.8. The van der Waals surface area contributed by atoms with Gasteiger partial charge < -0.3 is 10.1 Å². The van der Waals surface area contributed by atoms with E-state index in [0.29, 0.717) is 5.56 Å². The second-order valence-corrected chi connectivity index (χ2v) is 9.48. The van der Waals surface area contributed by atoms with Crippen LogP contribution in [0.25, 0.3) is 0 Å². The maximum atomic E-state index is 13.5. The molecule has 178 valence electrons. The van der Waals surface area contributed by atoms with E-state index in [1.165, 1.54) is 36.4 Å². The molecule has 1 N–H and O–H groups in total. The number of ether oxygens (including phenoxy) is 1. The highest BCUT2D eigenvalue weighted by Crippen LogP contribution is 2.39. The summed E-state index contributed by atoms with van der Waals surface area (Å²) in [5.41, 5.74) is 0.484. The molecule has 4 rings (SSSR count). The minimum Gasteiger partial charge on any atom is -0.453 e. The predicted octanol–water partition coefficient (Wildman–Crippen LogP) is 6.87. The van der Waals surface area contributed by atoms with Crippen LogP contribution in [0.2, 0.25) is 25.1 Å². The third kappa shape index (κ3) is 5.03. The van der Waals surface area contributed by atoms with Crippen molar-refractivity contribution in [3.05, 3.63) is 96.4 Å². The van der Waals surface area contributed by atoms with Crippen molar-refractivity contribution in [2.45, 2.75) is 6.10 Å². The number of hydrogen-bond donors (Lipinski definition) is 1. The first-order chi connectivity index (χ1) is 16.6. The molecule has 0 fully saturated rings. The number of Topliss-reactive ketones (excluding diaryl/α,β-unsaturated/α-hetero) is 2. The average Bonchev–Trinajstić information content (AvgIpc) is 3.15. The molecule has 3 aromatic rings. The second kappa shape index (κ2) is 10.2. The largest absolute Gasteiger partial charge is 0.453 e. The summed E-state index contributed by atoms with van der Waals surface area (Å²) in [5.74, 6) is -5.58. The van der Waals surface area contributed by atoms with Crippen molar-refractivity contribution < 1.29 is 23.9 Å². The molecule has 2 atom stereocenters. The number of halogens is 5. The maximum Gasteiger partial charge on any atom is 0.339 e. The molecule has 0 radical (unpaired) electrons. The molecular formula is C24H12Cl5NO5. The van der Waals surface area contributed by atoms with Crippen LogP contribution < -0.4 is 5.32 Å². The summed E-state index contributed by atoms with van der Waals surface area (Å²) < 4.78 is 5.39. The topological polar surface area (TPSA) is 89.5 Å². The SMILES string of the molecule is O=C(Nc1cc(Cl)c(Cl)cc1Cl)C(=O)[C@@H](C(=O)c1ccc(Cl)c(Cl)c1)[C@@H]1OC(=O)c2ccccc21. The van der Waals surface area contributed by atoms with E-state index in [9.17, 15) is 19.2 Å². The van der Waals surface area contributed by atoms with Gasteiger partial charge in [0, 0.05) is 11.1 Å². The fourth-order valence-corrected chi connectivity index (χ4v) is 4.48. The third-order valence-electron chi connectivity index (χ3n) is 5.27. The summed E-state index contributed by atoms with van der Waals surface area (Å²) in [6.45, 7) is 0. The molecule has 0 spiro atoms. The minimum atomic E-state index is -1.72. The van der Waals surface area contributed by atoms with Gasteiger partial charge in [0.25, 0.3) is 5.91 Å². The Hall–Kier alpha value is -2.61. The van der Waals surface area contributed by atoms with E-state index in [2.05, 4.69) is 5.32 Å². The molecule has 3 aromatic carbocycles. The highest BCUT2D eigenvalue weighted by molar-refractivity contribution is 6.48. The van der Waals surface area contributed by atoms with Gasteiger partial charge in [0.2, 0.25) is 5.78 Å². The van der Waals surface area contributed by atoms with E-state index in [0.717, 1.165) is 0 Å². The molecule has 0 saturated carbocycles. The number of carbonyl (C=O) groups excluding carboxylic acids is 4. The van der Waals surface area contributed by atoms with Crippen LogP contribution in [0.1, 0.15) is 32.4 Å². The zero-order valence-corrected chi connectivity index (χ0v) is 21.1. The number of ketones is 2. The van der Waals surface area contributed by atoms with E-state index in [1.807, 2.05) is 0 Å². The van der Waals surface area contributed by atoms with Crippen molar-refractivity contribution in [2.24, 2.45) is 5.92 Å². The van der Waals surface area contributed by atoms with Crippen LogP contribution >= 0.6 is 58.0 Å². The van der Waals surface area contributed by atoms with Crippen LogP contribution in [0.4, 0.5) is 5.69 Å². The first-order valence-electron chi connectivity index (χ1n) is 9.87. The Morgan fingerprint density at radius 1 is 0.800 bits per heavy atom. The minimum absolute atomic E-state index is 0.00134. The smallest absolute Gasteiger partial charge is 0.339 e. The van der Waals surface area contributed by atoms with Gasteiger partial charge in [-0.05, 0) is 36.4 Å². The molecule has 6 nitrogen and oxygen atoms in total. The summed E-state index contributed by atoms with van der Waals surface area (Å²) in [6.07, 6.45) is -1.34. The Balaban J connectivity index is 1.74. The van der Waals surface area contributed by atoms with Crippen molar-refractivity contribution in [2.75, 3.05) is 5.32 Å². The van der Waals surface area contributed by atoms with E-state index in [1.54, 1.807) is 18.2 Å². The van der Waals surface area contributed by atoms with Gasteiger partial charge in [-0.2, -0.15) is 0 Å². The lowest BCUT2D eigenvalue weighted by Gasteiger charge is -2.21. The Kier molecular flexibility index (Phi) is 7.40. The number of nitrogens with one attached hydrogen (secondary N) is 1. The lowest BCUT2D eigenvalue weighted by Crippen LogP contribution is -2.38. The van der Waals surface area contributed by atoms with E-state index < -0.39 is 35.5 Å². The highest BCUT2D eigenvalue weighted by atomic mass is 35.5. The molecule has 0 saturated heterocycles. The van der Waals surface area contributed by atoms with Crippen molar-refractivity contribution in [3.8, 4) is 0 Å². The molecule has 1 aliphatic heterocycles. The molecular weight excluding hydrogens is 560 g/mol. The lowest BCUT2D eigenvalue weighted by atomic mass is 9.84. The van der Waals surface area contributed by atoms with Crippen LogP contribution in [0.15, 0.2) is 54.6 Å². The number of cyclic esters (lactones) is 1. The van der Waals surface area contributed by atoms with Gasteiger partial charge in [0.15, 0.2) is 5.78 Å². The van der Waals surface area contributed by atoms with Crippen LogP contribution in [-0.2, 0) is 14.3 Å². The van der Waals surface area contributed by atoms with E-state index in [-0.39, 0.29) is 41.9 Å². The molecule has 35 heavy (non-hydrogen) atoms. The number of rotatable bonds is 6. The summed E-state index contributed by atoms with van der Waals surface area (Å²) in [5, 5.41) is 2.85. The molecule has 1 amide bonds. The van der Waals surface area contributed by atoms with Crippen molar-refractivity contribution in [1.29, 1.82) is 0 Å².